The summed E-state index contributed by atoms with van der Waals surface area (Å²) in [6, 6.07) is 17.1. The second-order valence-electron chi connectivity index (χ2n) is 8.69. The van der Waals surface area contributed by atoms with Crippen LogP contribution in [0.5, 0.6) is 0 Å². The Morgan fingerprint density at radius 2 is 1.69 bits per heavy atom. The Bertz CT molecular complexity index is 1150. The van der Waals surface area contributed by atoms with Crippen molar-refractivity contribution >= 4 is 23.2 Å². The molecule has 1 aliphatic heterocycles. The standard InChI is InChI=1S/C25H27N5O2/c1-29-23(17-6-10-19(26)11-7-17)15-21(28-29)16-8-12-20(13-9-16)27-24(31)22-3-2-14-30(22)25(32)18-4-5-18/h6-13,15,18,22H,2-5,14,26H2,1H3,(H,27,31)/t22-/m0/s1. The maximum absolute atomic E-state index is 12.8. The number of anilines is 2. The Labute approximate surface area is 187 Å². The first-order valence-corrected chi connectivity index (χ1v) is 11.1. The van der Waals surface area contributed by atoms with Crippen LogP contribution in [-0.4, -0.2) is 39.1 Å². The van der Waals surface area contributed by atoms with Crippen LogP contribution >= 0.6 is 0 Å². The van der Waals surface area contributed by atoms with Gasteiger partial charge in [-0.1, -0.05) is 24.3 Å². The highest BCUT2D eigenvalue weighted by molar-refractivity contribution is 5.98. The SMILES string of the molecule is Cn1nc(-c2ccc(NC(=O)[C@@H]3CCCN3C(=O)C3CC3)cc2)cc1-c1ccc(N)cc1. The number of likely N-dealkylation sites (tertiary alicyclic amines) is 1. The van der Waals surface area contributed by atoms with E-state index in [0.29, 0.717) is 6.54 Å². The molecule has 3 N–H and O–H groups in total. The number of nitrogen functional groups attached to an aromatic ring is 1. The monoisotopic (exact) mass is 429 g/mol. The van der Waals surface area contributed by atoms with Crippen molar-refractivity contribution in [3.05, 3.63) is 54.6 Å². The zero-order valence-electron chi connectivity index (χ0n) is 18.1. The first kappa shape index (κ1) is 20.3. The number of aryl methyl sites for hydroxylation is 1. The number of amides is 2. The summed E-state index contributed by atoms with van der Waals surface area (Å²) in [5, 5.41) is 7.62. The number of nitrogens with zero attached hydrogens (tertiary/aromatic N) is 3. The van der Waals surface area contributed by atoms with Gasteiger partial charge in [-0.15, -0.1) is 0 Å². The molecule has 2 amide bonds. The number of nitrogens with two attached hydrogens (primary N) is 1. The maximum Gasteiger partial charge on any atom is 0.247 e. The Morgan fingerprint density at radius 3 is 2.38 bits per heavy atom. The molecule has 2 aromatic carbocycles. The summed E-state index contributed by atoms with van der Waals surface area (Å²) < 4.78 is 1.85. The van der Waals surface area contributed by atoms with E-state index in [9.17, 15) is 9.59 Å². The molecule has 7 nitrogen and oxygen atoms in total. The van der Waals surface area contributed by atoms with Gasteiger partial charge >= 0.3 is 0 Å². The van der Waals surface area contributed by atoms with E-state index >= 15 is 0 Å². The molecule has 0 unspecified atom stereocenters. The van der Waals surface area contributed by atoms with Crippen LogP contribution in [0, 0.1) is 5.92 Å². The highest BCUT2D eigenvalue weighted by atomic mass is 16.2. The summed E-state index contributed by atoms with van der Waals surface area (Å²) in [5.41, 5.74) is 11.1. The van der Waals surface area contributed by atoms with E-state index in [2.05, 4.69) is 10.4 Å². The summed E-state index contributed by atoms with van der Waals surface area (Å²) in [6.07, 6.45) is 3.52. The van der Waals surface area contributed by atoms with Crippen LogP contribution in [0.3, 0.4) is 0 Å². The van der Waals surface area contributed by atoms with E-state index in [1.807, 2.05) is 66.3 Å². The highest BCUT2D eigenvalue weighted by Gasteiger charge is 2.40. The average molecular weight is 430 g/mol. The van der Waals surface area contributed by atoms with E-state index in [1.54, 1.807) is 4.90 Å². The normalized spacial score (nSPS) is 18.0. The summed E-state index contributed by atoms with van der Waals surface area (Å²) in [5.74, 6) is 0.178. The number of carbonyl (C=O) groups excluding carboxylic acids is 2. The molecule has 7 heteroatoms. The molecule has 164 valence electrons. The third-order valence-electron chi connectivity index (χ3n) is 6.30. The minimum atomic E-state index is -0.360. The predicted octanol–water partition coefficient (Wildman–Crippen LogP) is 3.68. The van der Waals surface area contributed by atoms with Crippen molar-refractivity contribution in [2.45, 2.75) is 31.7 Å². The van der Waals surface area contributed by atoms with Crippen molar-refractivity contribution in [1.82, 2.24) is 14.7 Å². The van der Waals surface area contributed by atoms with Crippen molar-refractivity contribution < 1.29 is 9.59 Å². The molecule has 0 radical (unpaired) electrons. The summed E-state index contributed by atoms with van der Waals surface area (Å²) in [4.78, 5) is 27.1. The molecule has 1 aliphatic carbocycles. The first-order chi connectivity index (χ1) is 15.5. The number of rotatable bonds is 5. The molecule has 2 aliphatic rings. The third-order valence-corrected chi connectivity index (χ3v) is 6.30. The van der Waals surface area contributed by atoms with Crippen LogP contribution < -0.4 is 11.1 Å². The quantitative estimate of drug-likeness (QED) is 0.605. The summed E-state index contributed by atoms with van der Waals surface area (Å²) >= 11 is 0. The van der Waals surface area contributed by atoms with Crippen LogP contribution in [0.4, 0.5) is 11.4 Å². The van der Waals surface area contributed by atoms with Gasteiger partial charge in [-0.05, 0) is 61.6 Å². The van der Waals surface area contributed by atoms with E-state index in [0.717, 1.165) is 59.6 Å². The number of hydrogen-bond donors (Lipinski definition) is 2. The van der Waals surface area contributed by atoms with Gasteiger partial charge in [-0.2, -0.15) is 5.10 Å². The molecule has 1 saturated carbocycles. The molecular weight excluding hydrogens is 402 g/mol. The van der Waals surface area contributed by atoms with Crippen LogP contribution in [-0.2, 0) is 16.6 Å². The van der Waals surface area contributed by atoms with Gasteiger partial charge in [0.2, 0.25) is 11.8 Å². The first-order valence-electron chi connectivity index (χ1n) is 11.1. The lowest BCUT2D eigenvalue weighted by Gasteiger charge is -2.24. The summed E-state index contributed by atoms with van der Waals surface area (Å²) in [6.45, 7) is 0.683. The third kappa shape index (κ3) is 3.98. The lowest BCUT2D eigenvalue weighted by atomic mass is 10.1. The van der Waals surface area contributed by atoms with Crippen LogP contribution in [0.1, 0.15) is 25.7 Å². The van der Waals surface area contributed by atoms with Gasteiger partial charge in [0.05, 0.1) is 11.4 Å². The lowest BCUT2D eigenvalue weighted by molar-refractivity contribution is -0.137. The predicted molar refractivity (Wildman–Crippen MR) is 125 cm³/mol. The molecule has 5 rings (SSSR count). The van der Waals surface area contributed by atoms with Crippen molar-refractivity contribution in [3.63, 3.8) is 0 Å². The molecule has 1 aromatic heterocycles. The minimum Gasteiger partial charge on any atom is -0.399 e. The number of aromatic nitrogens is 2. The molecule has 32 heavy (non-hydrogen) atoms. The van der Waals surface area contributed by atoms with Gasteiger partial charge in [-0.25, -0.2) is 0 Å². The largest absolute Gasteiger partial charge is 0.399 e. The fourth-order valence-electron chi connectivity index (χ4n) is 4.35. The van der Waals surface area contributed by atoms with Crippen molar-refractivity contribution in [2.75, 3.05) is 17.6 Å². The zero-order chi connectivity index (χ0) is 22.2. The Morgan fingerprint density at radius 1 is 1.00 bits per heavy atom. The van der Waals surface area contributed by atoms with Crippen LogP contribution in [0.25, 0.3) is 22.5 Å². The number of nitrogens with one attached hydrogen (secondary N) is 1. The van der Waals surface area contributed by atoms with Gasteiger partial charge in [0.25, 0.3) is 0 Å². The topological polar surface area (TPSA) is 93.2 Å². The Balaban J connectivity index is 1.28. The molecule has 2 heterocycles. The Kier molecular flexibility index (Phi) is 5.17. The second kappa shape index (κ2) is 8.15. The lowest BCUT2D eigenvalue weighted by Crippen LogP contribution is -2.43. The molecule has 1 saturated heterocycles. The van der Waals surface area contributed by atoms with E-state index in [4.69, 9.17) is 5.73 Å². The van der Waals surface area contributed by atoms with Gasteiger partial charge in [-0.3, -0.25) is 14.3 Å². The van der Waals surface area contributed by atoms with E-state index in [-0.39, 0.29) is 23.8 Å². The Hall–Kier alpha value is -3.61. The molecule has 0 bridgehead atoms. The number of hydrogen-bond acceptors (Lipinski definition) is 4. The molecule has 1 atom stereocenters. The van der Waals surface area contributed by atoms with Gasteiger partial charge in [0.15, 0.2) is 0 Å². The highest BCUT2D eigenvalue weighted by Crippen LogP contribution is 2.34. The maximum atomic E-state index is 12.8. The second-order valence-corrected chi connectivity index (χ2v) is 8.69. The smallest absolute Gasteiger partial charge is 0.247 e. The molecular formula is C25H27N5O2. The van der Waals surface area contributed by atoms with Crippen LogP contribution in [0.15, 0.2) is 54.6 Å². The van der Waals surface area contributed by atoms with E-state index < -0.39 is 0 Å². The fraction of sp³-hybridized carbons (Fsp3) is 0.320. The van der Waals surface area contributed by atoms with Gasteiger partial charge < -0.3 is 16.0 Å². The fourth-order valence-corrected chi connectivity index (χ4v) is 4.35. The van der Waals surface area contributed by atoms with Crippen LogP contribution in [0.2, 0.25) is 0 Å². The summed E-state index contributed by atoms with van der Waals surface area (Å²) in [7, 11) is 1.92. The number of benzene rings is 2. The molecule has 3 aromatic rings. The average Bonchev–Trinajstić information content (AvgIpc) is 3.40. The van der Waals surface area contributed by atoms with Crippen molar-refractivity contribution in [2.24, 2.45) is 13.0 Å². The zero-order valence-corrected chi connectivity index (χ0v) is 18.1. The van der Waals surface area contributed by atoms with Crippen molar-refractivity contribution in [3.8, 4) is 22.5 Å². The van der Waals surface area contributed by atoms with Crippen molar-refractivity contribution in [1.29, 1.82) is 0 Å². The number of carbonyl (C=O) groups is 2. The van der Waals surface area contributed by atoms with Gasteiger partial charge in [0.1, 0.15) is 6.04 Å². The molecule has 0 spiro atoms. The molecule has 2 fully saturated rings. The van der Waals surface area contributed by atoms with Gasteiger partial charge in [0, 0.05) is 36.4 Å². The van der Waals surface area contributed by atoms with E-state index in [1.165, 1.54) is 0 Å². The minimum absolute atomic E-state index is 0.104.